The van der Waals surface area contributed by atoms with E-state index in [9.17, 15) is 4.79 Å². The second-order valence-corrected chi connectivity index (χ2v) is 6.37. The molecule has 1 aliphatic rings. The molecule has 0 N–H and O–H groups in total. The van der Waals surface area contributed by atoms with E-state index in [-0.39, 0.29) is 0 Å². The molecule has 3 nitrogen and oxygen atoms in total. The summed E-state index contributed by atoms with van der Waals surface area (Å²) in [6, 6.07) is 10.8. The van der Waals surface area contributed by atoms with Crippen LogP contribution in [0.4, 0.5) is 0 Å². The highest BCUT2D eigenvalue weighted by molar-refractivity contribution is 5.68. The van der Waals surface area contributed by atoms with Gasteiger partial charge in [-0.3, -0.25) is 0 Å². The third-order valence-electron chi connectivity index (χ3n) is 4.53. The molecule has 1 fully saturated rings. The first kappa shape index (κ1) is 15.2. The van der Waals surface area contributed by atoms with E-state index in [1.807, 2.05) is 25.1 Å². The van der Waals surface area contributed by atoms with Crippen LogP contribution < -0.4 is 0 Å². The maximum Gasteiger partial charge on any atom is 0.131 e. The van der Waals surface area contributed by atoms with Gasteiger partial charge in [0.05, 0.1) is 5.41 Å². The number of benzene rings is 1. The second-order valence-electron chi connectivity index (χ2n) is 6.37. The molecule has 0 spiro atoms. The summed E-state index contributed by atoms with van der Waals surface area (Å²) in [7, 11) is 4.31. The van der Waals surface area contributed by atoms with Gasteiger partial charge in [0.25, 0.3) is 0 Å². The number of nitrogens with zero attached hydrogens (tertiary/aromatic N) is 2. The van der Waals surface area contributed by atoms with Crippen LogP contribution in [-0.2, 0) is 10.2 Å². The monoisotopic (exact) mass is 274 g/mol. The average molecular weight is 274 g/mol. The summed E-state index contributed by atoms with van der Waals surface area (Å²) >= 11 is 0. The van der Waals surface area contributed by atoms with Crippen molar-refractivity contribution in [1.82, 2.24) is 9.80 Å². The van der Waals surface area contributed by atoms with Crippen LogP contribution in [0.1, 0.15) is 25.3 Å². The Morgan fingerprint density at radius 2 is 1.85 bits per heavy atom. The molecule has 1 aromatic carbocycles. The number of aldehydes is 1. The van der Waals surface area contributed by atoms with Gasteiger partial charge in [0.15, 0.2) is 0 Å². The van der Waals surface area contributed by atoms with Gasteiger partial charge in [-0.2, -0.15) is 0 Å². The number of carbonyl (C=O) groups is 1. The first-order valence-electron chi connectivity index (χ1n) is 7.46. The summed E-state index contributed by atoms with van der Waals surface area (Å²) in [6.45, 7) is 5.03. The van der Waals surface area contributed by atoms with Crippen molar-refractivity contribution in [1.29, 1.82) is 0 Å². The van der Waals surface area contributed by atoms with Gasteiger partial charge in [-0.05, 0) is 52.5 Å². The Hall–Kier alpha value is -1.19. The summed E-state index contributed by atoms with van der Waals surface area (Å²) < 4.78 is 0. The fourth-order valence-corrected chi connectivity index (χ4v) is 3.07. The molecule has 1 saturated heterocycles. The normalized spacial score (nSPS) is 20.8. The van der Waals surface area contributed by atoms with Gasteiger partial charge in [0, 0.05) is 12.6 Å². The van der Waals surface area contributed by atoms with Crippen molar-refractivity contribution in [3.8, 4) is 0 Å². The van der Waals surface area contributed by atoms with Crippen molar-refractivity contribution < 1.29 is 4.79 Å². The van der Waals surface area contributed by atoms with Crippen molar-refractivity contribution in [2.24, 2.45) is 0 Å². The lowest BCUT2D eigenvalue weighted by molar-refractivity contribution is -0.112. The molecule has 0 saturated carbocycles. The van der Waals surface area contributed by atoms with Crippen LogP contribution in [0, 0.1) is 0 Å². The Morgan fingerprint density at radius 1 is 1.25 bits per heavy atom. The van der Waals surface area contributed by atoms with Crippen molar-refractivity contribution in [2.75, 3.05) is 33.7 Å². The molecular formula is C17H26N2O. The zero-order chi connectivity index (χ0) is 14.6. The standard InChI is InChI=1S/C17H26N2O/c1-17(14-20,15-7-5-4-6-8-15)13-19-11-9-16(10-12-19)18(2)3/h4-8,14,16H,9-13H2,1-3H3. The lowest BCUT2D eigenvalue weighted by atomic mass is 9.83. The van der Waals surface area contributed by atoms with E-state index >= 15 is 0 Å². The van der Waals surface area contributed by atoms with E-state index < -0.39 is 5.41 Å². The van der Waals surface area contributed by atoms with Gasteiger partial charge in [0.2, 0.25) is 0 Å². The van der Waals surface area contributed by atoms with Gasteiger partial charge in [-0.25, -0.2) is 0 Å². The molecule has 20 heavy (non-hydrogen) atoms. The molecule has 0 radical (unpaired) electrons. The minimum absolute atomic E-state index is 0.397. The van der Waals surface area contributed by atoms with Crippen LogP contribution in [0.3, 0.4) is 0 Å². The van der Waals surface area contributed by atoms with Crippen LogP contribution in [-0.4, -0.2) is 55.9 Å². The van der Waals surface area contributed by atoms with Crippen molar-refractivity contribution in [2.45, 2.75) is 31.2 Å². The lowest BCUT2D eigenvalue weighted by Gasteiger charge is -2.38. The minimum atomic E-state index is -0.397. The number of hydrogen-bond donors (Lipinski definition) is 0. The molecule has 1 atom stereocenters. The molecule has 1 aromatic rings. The van der Waals surface area contributed by atoms with Gasteiger partial charge in [-0.1, -0.05) is 30.3 Å². The number of hydrogen-bond acceptors (Lipinski definition) is 3. The molecule has 1 heterocycles. The predicted molar refractivity (Wildman–Crippen MR) is 83.0 cm³/mol. The second kappa shape index (κ2) is 6.51. The fraction of sp³-hybridized carbons (Fsp3) is 0.588. The molecule has 3 heteroatoms. The summed E-state index contributed by atoms with van der Waals surface area (Å²) in [5.74, 6) is 0. The highest BCUT2D eigenvalue weighted by atomic mass is 16.1. The number of likely N-dealkylation sites (tertiary alicyclic amines) is 1. The van der Waals surface area contributed by atoms with E-state index in [0.717, 1.165) is 31.5 Å². The van der Waals surface area contributed by atoms with Crippen LogP contribution >= 0.6 is 0 Å². The number of rotatable bonds is 5. The van der Waals surface area contributed by atoms with E-state index in [4.69, 9.17) is 0 Å². The molecule has 1 unspecified atom stereocenters. The first-order chi connectivity index (χ1) is 9.55. The van der Waals surface area contributed by atoms with E-state index in [1.54, 1.807) is 0 Å². The fourth-order valence-electron chi connectivity index (χ4n) is 3.07. The van der Waals surface area contributed by atoms with Gasteiger partial charge in [-0.15, -0.1) is 0 Å². The van der Waals surface area contributed by atoms with E-state index in [1.165, 1.54) is 12.8 Å². The summed E-state index contributed by atoms with van der Waals surface area (Å²) in [6.07, 6.45) is 3.49. The highest BCUT2D eigenvalue weighted by Gasteiger charge is 2.31. The zero-order valence-corrected chi connectivity index (χ0v) is 12.9. The van der Waals surface area contributed by atoms with Crippen LogP contribution in [0.5, 0.6) is 0 Å². The SMILES string of the molecule is CN(C)C1CCN(CC(C)(C=O)c2ccccc2)CC1. The molecular weight excluding hydrogens is 248 g/mol. The predicted octanol–water partition coefficient (Wildman–Crippen LogP) is 2.17. The molecule has 0 bridgehead atoms. The van der Waals surface area contributed by atoms with Crippen LogP contribution in [0.2, 0.25) is 0 Å². The molecule has 0 aliphatic carbocycles. The minimum Gasteiger partial charge on any atom is -0.306 e. The van der Waals surface area contributed by atoms with E-state index in [2.05, 4.69) is 36.0 Å². The van der Waals surface area contributed by atoms with Gasteiger partial charge < -0.3 is 14.6 Å². The molecule has 110 valence electrons. The topological polar surface area (TPSA) is 23.6 Å². The maximum atomic E-state index is 11.6. The van der Waals surface area contributed by atoms with Gasteiger partial charge in [0.1, 0.15) is 6.29 Å². The Kier molecular flexibility index (Phi) is 4.95. The summed E-state index contributed by atoms with van der Waals surface area (Å²) in [4.78, 5) is 16.4. The highest BCUT2D eigenvalue weighted by Crippen LogP contribution is 2.25. The maximum absolute atomic E-state index is 11.6. The van der Waals surface area contributed by atoms with Crippen molar-refractivity contribution in [3.63, 3.8) is 0 Å². The number of piperidine rings is 1. The third-order valence-corrected chi connectivity index (χ3v) is 4.53. The van der Waals surface area contributed by atoms with Crippen LogP contribution in [0.25, 0.3) is 0 Å². The largest absolute Gasteiger partial charge is 0.306 e. The van der Waals surface area contributed by atoms with Crippen LogP contribution in [0.15, 0.2) is 30.3 Å². The smallest absolute Gasteiger partial charge is 0.131 e. The Labute approximate surface area is 122 Å². The Morgan fingerprint density at radius 3 is 2.35 bits per heavy atom. The van der Waals surface area contributed by atoms with Crippen molar-refractivity contribution >= 4 is 6.29 Å². The Bertz CT molecular complexity index is 424. The van der Waals surface area contributed by atoms with Crippen molar-refractivity contribution in [3.05, 3.63) is 35.9 Å². The van der Waals surface area contributed by atoms with Gasteiger partial charge >= 0.3 is 0 Å². The summed E-state index contributed by atoms with van der Waals surface area (Å²) in [5.41, 5.74) is 0.719. The molecule has 1 aliphatic heterocycles. The molecule has 0 amide bonds. The number of carbonyl (C=O) groups excluding carboxylic acids is 1. The Balaban J connectivity index is 2.00. The summed E-state index contributed by atoms with van der Waals surface area (Å²) in [5, 5.41) is 0. The third kappa shape index (κ3) is 3.47. The zero-order valence-electron chi connectivity index (χ0n) is 12.9. The lowest BCUT2D eigenvalue weighted by Crippen LogP contribution is -2.47. The molecule has 2 rings (SSSR count). The quantitative estimate of drug-likeness (QED) is 0.769. The first-order valence-corrected chi connectivity index (χ1v) is 7.46. The average Bonchev–Trinajstić information content (AvgIpc) is 2.48. The molecule has 0 aromatic heterocycles. The van der Waals surface area contributed by atoms with E-state index in [0.29, 0.717) is 6.04 Å².